The summed E-state index contributed by atoms with van der Waals surface area (Å²) in [6.07, 6.45) is 0. The molecule has 0 aliphatic carbocycles. The zero-order chi connectivity index (χ0) is 13.9. The van der Waals surface area contributed by atoms with Crippen molar-refractivity contribution in [3.63, 3.8) is 0 Å². The van der Waals surface area contributed by atoms with Crippen molar-refractivity contribution < 1.29 is 4.74 Å². The Hall–Kier alpha value is -1.99. The number of halogens is 1. The van der Waals surface area contributed by atoms with Crippen molar-refractivity contribution in [2.75, 3.05) is 18.5 Å². The number of anilines is 1. The van der Waals surface area contributed by atoms with Gasteiger partial charge in [0.2, 0.25) is 0 Å². The fourth-order valence-corrected chi connectivity index (χ4v) is 2.76. The van der Waals surface area contributed by atoms with Crippen molar-refractivity contribution in [2.24, 2.45) is 0 Å². The summed E-state index contributed by atoms with van der Waals surface area (Å²) < 4.78 is 6.57. The van der Waals surface area contributed by atoms with Gasteiger partial charge < -0.3 is 10.1 Å². The van der Waals surface area contributed by atoms with Crippen LogP contribution in [0.2, 0.25) is 0 Å². The molecule has 0 saturated carbocycles. The van der Waals surface area contributed by atoms with Crippen molar-refractivity contribution in [2.45, 2.75) is 5.92 Å². The minimum Gasteiger partial charge on any atom is -0.493 e. The second kappa shape index (κ2) is 5.56. The van der Waals surface area contributed by atoms with Gasteiger partial charge >= 0.3 is 0 Å². The molecule has 2 aromatic carbocycles. The zero-order valence-electron chi connectivity index (χ0n) is 10.8. The van der Waals surface area contributed by atoms with E-state index in [2.05, 4.69) is 33.4 Å². The molecule has 1 heterocycles. The van der Waals surface area contributed by atoms with E-state index in [1.807, 2.05) is 36.4 Å². The fourth-order valence-electron chi connectivity index (χ4n) is 2.39. The molecule has 100 valence electrons. The van der Waals surface area contributed by atoms with E-state index < -0.39 is 0 Å². The van der Waals surface area contributed by atoms with Crippen LogP contribution in [0, 0.1) is 11.3 Å². The summed E-state index contributed by atoms with van der Waals surface area (Å²) in [5.74, 6) is 1.29. The van der Waals surface area contributed by atoms with E-state index in [4.69, 9.17) is 10.00 Å². The Balaban J connectivity index is 1.74. The molecule has 20 heavy (non-hydrogen) atoms. The number of para-hydroxylation sites is 1. The zero-order valence-corrected chi connectivity index (χ0v) is 12.4. The topological polar surface area (TPSA) is 45.0 Å². The Bertz CT molecular complexity index is 678. The Kier molecular flexibility index (Phi) is 3.62. The molecule has 1 aliphatic rings. The van der Waals surface area contributed by atoms with Gasteiger partial charge in [-0.25, -0.2) is 0 Å². The molecule has 1 N–H and O–H groups in total. The summed E-state index contributed by atoms with van der Waals surface area (Å²) in [5.41, 5.74) is 2.74. The molecule has 0 fully saturated rings. The first kappa shape index (κ1) is 13.0. The first-order valence-corrected chi connectivity index (χ1v) is 7.22. The van der Waals surface area contributed by atoms with Gasteiger partial charge in [-0.1, -0.05) is 34.1 Å². The molecule has 1 unspecified atom stereocenters. The molecule has 0 amide bonds. The Morgan fingerprint density at radius 1 is 1.30 bits per heavy atom. The summed E-state index contributed by atoms with van der Waals surface area (Å²) in [5, 5.41) is 12.5. The van der Waals surface area contributed by atoms with Crippen LogP contribution in [-0.2, 0) is 0 Å². The number of benzene rings is 2. The Morgan fingerprint density at radius 3 is 3.00 bits per heavy atom. The van der Waals surface area contributed by atoms with Crippen LogP contribution in [0.1, 0.15) is 17.0 Å². The number of ether oxygens (including phenoxy) is 1. The highest BCUT2D eigenvalue weighted by molar-refractivity contribution is 9.10. The van der Waals surface area contributed by atoms with Gasteiger partial charge in [0.25, 0.3) is 0 Å². The summed E-state index contributed by atoms with van der Waals surface area (Å²) >= 11 is 3.38. The summed E-state index contributed by atoms with van der Waals surface area (Å²) in [7, 11) is 0. The van der Waals surface area contributed by atoms with E-state index in [0.717, 1.165) is 22.5 Å². The van der Waals surface area contributed by atoms with Crippen LogP contribution in [-0.4, -0.2) is 13.2 Å². The fraction of sp³-hybridized carbons (Fsp3) is 0.188. The van der Waals surface area contributed by atoms with Crippen molar-refractivity contribution >= 4 is 21.6 Å². The lowest BCUT2D eigenvalue weighted by Crippen LogP contribution is -2.14. The molecule has 1 aliphatic heterocycles. The quantitative estimate of drug-likeness (QED) is 0.929. The second-order valence-corrected chi connectivity index (χ2v) is 5.64. The molecule has 0 radical (unpaired) electrons. The summed E-state index contributed by atoms with van der Waals surface area (Å²) in [4.78, 5) is 0. The first-order chi connectivity index (χ1) is 9.78. The van der Waals surface area contributed by atoms with E-state index in [-0.39, 0.29) is 0 Å². The maximum absolute atomic E-state index is 9.16. The number of nitrogens with zero attached hydrogens (tertiary/aromatic N) is 1. The minimum atomic E-state index is 0.321. The van der Waals surface area contributed by atoms with E-state index in [1.54, 1.807) is 0 Å². The van der Waals surface area contributed by atoms with Crippen LogP contribution in [0.5, 0.6) is 5.75 Å². The molecule has 0 spiro atoms. The van der Waals surface area contributed by atoms with E-state index in [9.17, 15) is 0 Å². The molecular formula is C16H13BrN2O. The first-order valence-electron chi connectivity index (χ1n) is 6.43. The number of nitrogens with one attached hydrogen (secondary N) is 1. The number of hydrogen-bond donors (Lipinski definition) is 1. The average molecular weight is 329 g/mol. The van der Waals surface area contributed by atoms with E-state index in [1.165, 1.54) is 5.56 Å². The highest BCUT2D eigenvalue weighted by atomic mass is 79.9. The van der Waals surface area contributed by atoms with Gasteiger partial charge in [-0.2, -0.15) is 5.26 Å². The Labute approximate surface area is 126 Å². The van der Waals surface area contributed by atoms with Gasteiger partial charge in [0, 0.05) is 22.5 Å². The second-order valence-electron chi connectivity index (χ2n) is 4.73. The van der Waals surface area contributed by atoms with Crippen molar-refractivity contribution in [3.8, 4) is 11.8 Å². The van der Waals surface area contributed by atoms with Gasteiger partial charge in [0.15, 0.2) is 0 Å². The van der Waals surface area contributed by atoms with Crippen molar-refractivity contribution in [3.05, 3.63) is 58.1 Å². The molecule has 1 atom stereocenters. The van der Waals surface area contributed by atoms with Crippen molar-refractivity contribution in [1.82, 2.24) is 0 Å². The van der Waals surface area contributed by atoms with Crippen LogP contribution in [0.3, 0.4) is 0 Å². The maximum atomic E-state index is 9.16. The Morgan fingerprint density at radius 2 is 2.15 bits per heavy atom. The number of rotatable bonds is 3. The molecule has 0 saturated heterocycles. The lowest BCUT2D eigenvalue weighted by molar-refractivity contribution is 0.334. The van der Waals surface area contributed by atoms with Crippen LogP contribution in [0.4, 0.5) is 5.69 Å². The predicted molar refractivity (Wildman–Crippen MR) is 82.0 cm³/mol. The third-order valence-electron chi connectivity index (χ3n) is 3.44. The maximum Gasteiger partial charge on any atom is 0.122 e. The molecule has 4 heteroatoms. The van der Waals surface area contributed by atoms with Crippen LogP contribution < -0.4 is 10.1 Å². The SMILES string of the molecule is N#Cc1cc(Br)ccc1NCC1COc2ccccc21. The minimum absolute atomic E-state index is 0.321. The van der Waals surface area contributed by atoms with Gasteiger partial charge in [-0.15, -0.1) is 0 Å². The lowest BCUT2D eigenvalue weighted by atomic mass is 10.0. The third-order valence-corrected chi connectivity index (χ3v) is 3.93. The third kappa shape index (κ3) is 2.50. The molecule has 3 nitrogen and oxygen atoms in total. The van der Waals surface area contributed by atoms with E-state index in [0.29, 0.717) is 18.1 Å². The largest absolute Gasteiger partial charge is 0.493 e. The molecule has 2 aromatic rings. The normalized spacial score (nSPS) is 16.1. The smallest absolute Gasteiger partial charge is 0.122 e. The lowest BCUT2D eigenvalue weighted by Gasteiger charge is -2.13. The average Bonchev–Trinajstić information content (AvgIpc) is 2.89. The number of fused-ring (bicyclic) bond motifs is 1. The predicted octanol–water partition coefficient (Wildman–Crippen LogP) is 3.91. The molecular weight excluding hydrogens is 316 g/mol. The van der Waals surface area contributed by atoms with Gasteiger partial charge in [0.1, 0.15) is 11.8 Å². The molecule has 0 aromatic heterocycles. The van der Waals surface area contributed by atoms with Gasteiger partial charge in [-0.05, 0) is 24.3 Å². The van der Waals surface area contributed by atoms with Crippen LogP contribution in [0.25, 0.3) is 0 Å². The van der Waals surface area contributed by atoms with Gasteiger partial charge in [-0.3, -0.25) is 0 Å². The van der Waals surface area contributed by atoms with Crippen LogP contribution >= 0.6 is 15.9 Å². The highest BCUT2D eigenvalue weighted by Gasteiger charge is 2.23. The van der Waals surface area contributed by atoms with Crippen molar-refractivity contribution in [1.29, 1.82) is 5.26 Å². The summed E-state index contributed by atoms with van der Waals surface area (Å²) in [6, 6.07) is 16.0. The van der Waals surface area contributed by atoms with Gasteiger partial charge in [0.05, 0.1) is 17.9 Å². The standard InChI is InChI=1S/C16H13BrN2O/c17-13-5-6-15(11(7-13)8-18)19-9-12-10-20-16-4-2-1-3-14(12)16/h1-7,12,19H,9-10H2. The van der Waals surface area contributed by atoms with Crippen LogP contribution in [0.15, 0.2) is 46.9 Å². The summed E-state index contributed by atoms with van der Waals surface area (Å²) in [6.45, 7) is 1.44. The highest BCUT2D eigenvalue weighted by Crippen LogP contribution is 2.33. The van der Waals surface area contributed by atoms with E-state index >= 15 is 0 Å². The molecule has 0 bridgehead atoms. The number of hydrogen-bond acceptors (Lipinski definition) is 3. The monoisotopic (exact) mass is 328 g/mol. The molecule has 3 rings (SSSR count). The number of nitriles is 1.